The molecule has 0 spiro atoms. The molecule has 0 aliphatic carbocycles. The Balaban J connectivity index is 1.95. The number of nitrogens with one attached hydrogen (secondary N) is 2. The van der Waals surface area contributed by atoms with Crippen LogP contribution in [0.4, 0.5) is 11.4 Å². The van der Waals surface area contributed by atoms with E-state index in [0.717, 1.165) is 26.2 Å². The number of carbonyl (C=O) groups is 1. The van der Waals surface area contributed by atoms with Crippen molar-refractivity contribution in [1.82, 2.24) is 10.6 Å². The number of nitro groups is 1. The van der Waals surface area contributed by atoms with Crippen molar-refractivity contribution >= 4 is 17.3 Å². The number of amides is 1. The molecule has 0 radical (unpaired) electrons. The van der Waals surface area contributed by atoms with E-state index in [1.807, 2.05) is 4.90 Å². The van der Waals surface area contributed by atoms with Crippen LogP contribution in [0.25, 0.3) is 0 Å². The van der Waals surface area contributed by atoms with Crippen molar-refractivity contribution in [3.05, 3.63) is 33.9 Å². The Morgan fingerprint density at radius 3 is 2.62 bits per heavy atom. The van der Waals surface area contributed by atoms with Crippen molar-refractivity contribution in [2.75, 3.05) is 38.1 Å². The van der Waals surface area contributed by atoms with E-state index in [4.69, 9.17) is 0 Å². The lowest BCUT2D eigenvalue weighted by Crippen LogP contribution is -2.26. The third kappa shape index (κ3) is 2.44. The molecule has 7 heteroatoms. The fourth-order valence-electron chi connectivity index (χ4n) is 3.27. The monoisotopic (exact) mass is 290 g/mol. The normalized spacial score (nSPS) is 24.0. The van der Waals surface area contributed by atoms with E-state index in [1.165, 1.54) is 12.1 Å². The first-order valence-electron chi connectivity index (χ1n) is 7.06. The molecule has 2 saturated heterocycles. The van der Waals surface area contributed by atoms with Gasteiger partial charge in [0, 0.05) is 44.9 Å². The number of hydrogen-bond donors (Lipinski definition) is 2. The molecule has 0 unspecified atom stereocenters. The predicted octanol–water partition coefficient (Wildman–Crippen LogP) is 0.610. The molecule has 3 rings (SSSR count). The third-order valence-electron chi connectivity index (χ3n) is 4.39. The predicted molar refractivity (Wildman–Crippen MR) is 78.5 cm³/mol. The molecule has 2 atom stereocenters. The number of carbonyl (C=O) groups excluding carboxylic acids is 1. The highest BCUT2D eigenvalue weighted by Gasteiger charge is 2.38. The number of hydrogen-bond acceptors (Lipinski definition) is 5. The summed E-state index contributed by atoms with van der Waals surface area (Å²) in [6.45, 7) is 3.53. The summed E-state index contributed by atoms with van der Waals surface area (Å²) in [6.07, 6.45) is 0. The Labute approximate surface area is 122 Å². The minimum Gasteiger partial charge on any atom is -0.365 e. The maximum Gasteiger partial charge on any atom is 0.292 e. The standard InChI is InChI=1S/C14H18N4O3/c1-15-14(19)9-2-3-12(18(20)21)13(4-9)17-7-10-5-16-6-11(10)8-17/h2-4,10-11,16H,5-8H2,1H3,(H,15,19)/t10-,11+. The number of fused-ring (bicyclic) bond motifs is 1. The largest absolute Gasteiger partial charge is 0.365 e. The number of rotatable bonds is 3. The summed E-state index contributed by atoms with van der Waals surface area (Å²) in [5, 5.41) is 17.1. The lowest BCUT2D eigenvalue weighted by molar-refractivity contribution is -0.384. The second-order valence-corrected chi connectivity index (χ2v) is 5.62. The van der Waals surface area contributed by atoms with Gasteiger partial charge in [-0.1, -0.05) is 0 Å². The molecule has 0 saturated carbocycles. The van der Waals surface area contributed by atoms with Gasteiger partial charge in [0.2, 0.25) is 0 Å². The van der Waals surface area contributed by atoms with E-state index in [1.54, 1.807) is 13.1 Å². The Hall–Kier alpha value is -2.15. The van der Waals surface area contributed by atoms with Gasteiger partial charge >= 0.3 is 0 Å². The Morgan fingerprint density at radius 1 is 1.38 bits per heavy atom. The second-order valence-electron chi connectivity index (χ2n) is 5.62. The number of anilines is 1. The van der Waals surface area contributed by atoms with Crippen LogP contribution in [0.2, 0.25) is 0 Å². The minimum absolute atomic E-state index is 0.0654. The van der Waals surface area contributed by atoms with Gasteiger partial charge in [0.05, 0.1) is 4.92 Å². The molecule has 2 aliphatic rings. The summed E-state index contributed by atoms with van der Waals surface area (Å²) < 4.78 is 0. The van der Waals surface area contributed by atoms with Crippen LogP contribution >= 0.6 is 0 Å². The highest BCUT2D eigenvalue weighted by atomic mass is 16.6. The van der Waals surface area contributed by atoms with Crippen LogP contribution in [0, 0.1) is 22.0 Å². The Kier molecular flexibility index (Phi) is 3.50. The van der Waals surface area contributed by atoms with Crippen LogP contribution in [-0.4, -0.2) is 44.1 Å². The van der Waals surface area contributed by atoms with Crippen molar-refractivity contribution < 1.29 is 9.72 Å². The lowest BCUT2D eigenvalue weighted by atomic mass is 10.0. The maximum atomic E-state index is 11.7. The van der Waals surface area contributed by atoms with Gasteiger partial charge in [0.25, 0.3) is 11.6 Å². The van der Waals surface area contributed by atoms with E-state index in [2.05, 4.69) is 10.6 Å². The van der Waals surface area contributed by atoms with Crippen LogP contribution in [-0.2, 0) is 0 Å². The average molecular weight is 290 g/mol. The summed E-state index contributed by atoms with van der Waals surface area (Å²) in [5.74, 6) is 0.841. The zero-order valence-electron chi connectivity index (χ0n) is 11.8. The van der Waals surface area contributed by atoms with Crippen LogP contribution in [0.1, 0.15) is 10.4 Å². The highest BCUT2D eigenvalue weighted by Crippen LogP contribution is 2.36. The van der Waals surface area contributed by atoms with Gasteiger partial charge in [0.1, 0.15) is 5.69 Å². The van der Waals surface area contributed by atoms with Crippen LogP contribution < -0.4 is 15.5 Å². The van der Waals surface area contributed by atoms with Crippen molar-refractivity contribution in [1.29, 1.82) is 0 Å². The van der Waals surface area contributed by atoms with Gasteiger partial charge in [-0.2, -0.15) is 0 Å². The van der Waals surface area contributed by atoms with Crippen molar-refractivity contribution in [2.45, 2.75) is 0 Å². The Bertz CT molecular complexity index is 578. The fraction of sp³-hybridized carbons (Fsp3) is 0.500. The third-order valence-corrected chi connectivity index (χ3v) is 4.39. The zero-order valence-corrected chi connectivity index (χ0v) is 11.8. The van der Waals surface area contributed by atoms with E-state index >= 15 is 0 Å². The van der Waals surface area contributed by atoms with E-state index in [0.29, 0.717) is 23.1 Å². The number of nitrogens with zero attached hydrogens (tertiary/aromatic N) is 2. The van der Waals surface area contributed by atoms with Gasteiger partial charge in [-0.25, -0.2) is 0 Å². The van der Waals surface area contributed by atoms with E-state index in [-0.39, 0.29) is 16.5 Å². The van der Waals surface area contributed by atoms with Gasteiger partial charge in [-0.15, -0.1) is 0 Å². The zero-order chi connectivity index (χ0) is 15.0. The van der Waals surface area contributed by atoms with Crippen LogP contribution in [0.3, 0.4) is 0 Å². The highest BCUT2D eigenvalue weighted by molar-refractivity contribution is 5.95. The molecule has 1 aromatic rings. The first-order valence-corrected chi connectivity index (χ1v) is 7.06. The molecule has 21 heavy (non-hydrogen) atoms. The molecule has 2 fully saturated rings. The molecule has 2 N–H and O–H groups in total. The lowest BCUT2D eigenvalue weighted by Gasteiger charge is -2.20. The maximum absolute atomic E-state index is 11.7. The molecular weight excluding hydrogens is 272 g/mol. The van der Waals surface area contributed by atoms with Crippen LogP contribution in [0.5, 0.6) is 0 Å². The minimum atomic E-state index is -0.380. The van der Waals surface area contributed by atoms with Gasteiger partial charge in [-0.05, 0) is 24.0 Å². The van der Waals surface area contributed by atoms with E-state index in [9.17, 15) is 14.9 Å². The molecule has 1 aromatic carbocycles. The van der Waals surface area contributed by atoms with Gasteiger partial charge in [0.15, 0.2) is 0 Å². The molecule has 2 heterocycles. The van der Waals surface area contributed by atoms with Gasteiger partial charge in [-0.3, -0.25) is 14.9 Å². The van der Waals surface area contributed by atoms with Crippen molar-refractivity contribution in [2.24, 2.45) is 11.8 Å². The molecule has 1 amide bonds. The number of nitro benzene ring substituents is 1. The summed E-state index contributed by atoms with van der Waals surface area (Å²) in [5.41, 5.74) is 1.07. The summed E-state index contributed by atoms with van der Waals surface area (Å²) >= 11 is 0. The summed E-state index contributed by atoms with van der Waals surface area (Å²) in [6, 6.07) is 4.55. The molecule has 7 nitrogen and oxygen atoms in total. The molecule has 0 bridgehead atoms. The number of benzene rings is 1. The smallest absolute Gasteiger partial charge is 0.292 e. The summed E-state index contributed by atoms with van der Waals surface area (Å²) in [7, 11) is 1.55. The Morgan fingerprint density at radius 2 is 2.05 bits per heavy atom. The summed E-state index contributed by atoms with van der Waals surface area (Å²) in [4.78, 5) is 24.7. The fourth-order valence-corrected chi connectivity index (χ4v) is 3.27. The quantitative estimate of drug-likeness (QED) is 0.629. The second kappa shape index (κ2) is 5.33. The molecule has 112 valence electrons. The van der Waals surface area contributed by atoms with Crippen molar-refractivity contribution in [3.8, 4) is 0 Å². The van der Waals surface area contributed by atoms with E-state index < -0.39 is 0 Å². The first kappa shape index (κ1) is 13.8. The van der Waals surface area contributed by atoms with Gasteiger partial charge < -0.3 is 15.5 Å². The molecule has 0 aromatic heterocycles. The topological polar surface area (TPSA) is 87.5 Å². The molecule has 2 aliphatic heterocycles. The average Bonchev–Trinajstić information content (AvgIpc) is 3.06. The SMILES string of the molecule is CNC(=O)c1ccc([N+](=O)[O-])c(N2C[C@H]3CNC[C@H]3C2)c1. The van der Waals surface area contributed by atoms with Crippen LogP contribution in [0.15, 0.2) is 18.2 Å². The molecular formula is C14H18N4O3. The van der Waals surface area contributed by atoms with Crippen molar-refractivity contribution in [3.63, 3.8) is 0 Å². The first-order chi connectivity index (χ1) is 10.1.